The van der Waals surface area contributed by atoms with Gasteiger partial charge in [-0.3, -0.25) is 4.79 Å². The highest BCUT2D eigenvalue weighted by Crippen LogP contribution is 2.32. The number of ether oxygens (including phenoxy) is 1. The molecule has 1 amide bonds. The second-order valence-electron chi connectivity index (χ2n) is 5.47. The van der Waals surface area contributed by atoms with Gasteiger partial charge in [-0.1, -0.05) is 24.9 Å². The molecule has 1 aromatic heterocycles. The SMILES string of the molecule is CCCCNC(=O)c1ccc(Nc2cc(C)c(Cl)cc2OC)cn1. The van der Waals surface area contributed by atoms with Gasteiger partial charge in [-0.25, -0.2) is 4.98 Å². The first kappa shape index (κ1) is 18.1. The average molecular weight is 348 g/mol. The molecule has 0 aliphatic heterocycles. The molecule has 2 rings (SSSR count). The number of nitrogens with zero attached hydrogens (tertiary/aromatic N) is 1. The molecule has 128 valence electrons. The summed E-state index contributed by atoms with van der Waals surface area (Å²) in [4.78, 5) is 16.2. The van der Waals surface area contributed by atoms with Crippen molar-refractivity contribution in [2.24, 2.45) is 0 Å². The molecule has 0 bridgehead atoms. The maximum atomic E-state index is 11.9. The van der Waals surface area contributed by atoms with Gasteiger partial charge in [0.25, 0.3) is 5.91 Å². The number of carbonyl (C=O) groups is 1. The molecule has 0 fully saturated rings. The molecule has 1 aromatic carbocycles. The highest BCUT2D eigenvalue weighted by atomic mass is 35.5. The largest absolute Gasteiger partial charge is 0.495 e. The second-order valence-corrected chi connectivity index (χ2v) is 5.88. The van der Waals surface area contributed by atoms with E-state index in [-0.39, 0.29) is 5.91 Å². The zero-order chi connectivity index (χ0) is 17.5. The van der Waals surface area contributed by atoms with Gasteiger partial charge in [0.05, 0.1) is 24.7 Å². The van der Waals surface area contributed by atoms with E-state index in [2.05, 4.69) is 22.5 Å². The minimum Gasteiger partial charge on any atom is -0.495 e. The van der Waals surface area contributed by atoms with Gasteiger partial charge in [0, 0.05) is 17.6 Å². The first-order valence-electron chi connectivity index (χ1n) is 7.90. The molecule has 0 unspecified atom stereocenters. The Morgan fingerprint density at radius 2 is 2.12 bits per heavy atom. The van der Waals surface area contributed by atoms with Crippen molar-refractivity contribution in [1.82, 2.24) is 10.3 Å². The quantitative estimate of drug-likeness (QED) is 0.732. The molecule has 1 heterocycles. The maximum Gasteiger partial charge on any atom is 0.269 e. The van der Waals surface area contributed by atoms with Crippen LogP contribution in [0, 0.1) is 6.92 Å². The van der Waals surface area contributed by atoms with E-state index in [1.165, 1.54) is 0 Å². The Bertz CT molecular complexity index is 702. The minimum atomic E-state index is -0.157. The number of methoxy groups -OCH3 is 1. The zero-order valence-corrected chi connectivity index (χ0v) is 14.9. The lowest BCUT2D eigenvalue weighted by Crippen LogP contribution is -2.25. The lowest BCUT2D eigenvalue weighted by atomic mass is 10.2. The molecule has 5 nitrogen and oxygen atoms in total. The summed E-state index contributed by atoms with van der Waals surface area (Å²) >= 11 is 6.11. The van der Waals surface area contributed by atoms with Crippen LogP contribution in [-0.2, 0) is 0 Å². The summed E-state index contributed by atoms with van der Waals surface area (Å²) in [6.45, 7) is 4.67. The minimum absolute atomic E-state index is 0.157. The van der Waals surface area contributed by atoms with Gasteiger partial charge < -0.3 is 15.4 Å². The van der Waals surface area contributed by atoms with Crippen molar-refractivity contribution in [3.8, 4) is 5.75 Å². The number of anilines is 2. The molecule has 0 saturated heterocycles. The molecule has 2 N–H and O–H groups in total. The van der Waals surface area contributed by atoms with Crippen LogP contribution in [0.1, 0.15) is 35.8 Å². The molecular weight excluding hydrogens is 326 g/mol. The summed E-state index contributed by atoms with van der Waals surface area (Å²) in [5.41, 5.74) is 2.90. The summed E-state index contributed by atoms with van der Waals surface area (Å²) in [6.07, 6.45) is 3.62. The van der Waals surface area contributed by atoms with Crippen molar-refractivity contribution in [2.75, 3.05) is 19.0 Å². The van der Waals surface area contributed by atoms with Crippen LogP contribution in [0.2, 0.25) is 5.02 Å². The number of aryl methyl sites for hydroxylation is 1. The normalized spacial score (nSPS) is 10.3. The molecule has 0 saturated carbocycles. The molecule has 0 atom stereocenters. The maximum absolute atomic E-state index is 11.9. The fraction of sp³-hybridized carbons (Fsp3) is 0.333. The fourth-order valence-corrected chi connectivity index (χ4v) is 2.31. The van der Waals surface area contributed by atoms with Crippen LogP contribution >= 0.6 is 11.6 Å². The monoisotopic (exact) mass is 347 g/mol. The number of benzene rings is 1. The van der Waals surface area contributed by atoms with Crippen molar-refractivity contribution in [2.45, 2.75) is 26.7 Å². The van der Waals surface area contributed by atoms with E-state index in [0.29, 0.717) is 23.0 Å². The van der Waals surface area contributed by atoms with E-state index in [1.54, 1.807) is 25.4 Å². The van der Waals surface area contributed by atoms with Crippen molar-refractivity contribution < 1.29 is 9.53 Å². The topological polar surface area (TPSA) is 63.2 Å². The van der Waals surface area contributed by atoms with E-state index < -0.39 is 0 Å². The predicted octanol–water partition coefficient (Wildman–Crippen LogP) is 4.33. The number of hydrogen-bond donors (Lipinski definition) is 2. The number of carbonyl (C=O) groups excluding carboxylic acids is 1. The Morgan fingerprint density at radius 3 is 2.75 bits per heavy atom. The van der Waals surface area contributed by atoms with Crippen LogP contribution in [0.4, 0.5) is 11.4 Å². The Kier molecular flexibility index (Phi) is 6.44. The Hall–Kier alpha value is -2.27. The first-order chi connectivity index (χ1) is 11.5. The highest BCUT2D eigenvalue weighted by molar-refractivity contribution is 6.31. The number of halogens is 1. The van der Waals surface area contributed by atoms with Crippen molar-refractivity contribution in [1.29, 1.82) is 0 Å². The summed E-state index contributed by atoms with van der Waals surface area (Å²) < 4.78 is 5.34. The number of nitrogens with one attached hydrogen (secondary N) is 2. The molecule has 6 heteroatoms. The van der Waals surface area contributed by atoms with Crippen LogP contribution < -0.4 is 15.4 Å². The van der Waals surface area contributed by atoms with Gasteiger partial charge in [0.15, 0.2) is 0 Å². The number of pyridine rings is 1. The van der Waals surface area contributed by atoms with Crippen LogP contribution in [-0.4, -0.2) is 24.5 Å². The van der Waals surface area contributed by atoms with Crippen molar-refractivity contribution in [3.63, 3.8) is 0 Å². The third kappa shape index (κ3) is 4.61. The summed E-state index contributed by atoms with van der Waals surface area (Å²) in [5.74, 6) is 0.488. The molecule has 0 aliphatic carbocycles. The predicted molar refractivity (Wildman–Crippen MR) is 97.5 cm³/mol. The summed E-state index contributed by atoms with van der Waals surface area (Å²) in [6, 6.07) is 7.18. The van der Waals surface area contributed by atoms with Crippen LogP contribution in [0.15, 0.2) is 30.5 Å². The van der Waals surface area contributed by atoms with Crippen LogP contribution in [0.25, 0.3) is 0 Å². The Labute approximate surface area is 147 Å². The average Bonchev–Trinajstić information content (AvgIpc) is 2.58. The lowest BCUT2D eigenvalue weighted by Gasteiger charge is -2.13. The van der Waals surface area contributed by atoms with E-state index in [4.69, 9.17) is 16.3 Å². The summed E-state index contributed by atoms with van der Waals surface area (Å²) in [5, 5.41) is 6.72. The Balaban J connectivity index is 2.09. The molecule has 24 heavy (non-hydrogen) atoms. The van der Waals surface area contributed by atoms with Gasteiger partial charge in [0.1, 0.15) is 11.4 Å². The fourth-order valence-electron chi connectivity index (χ4n) is 2.16. The number of hydrogen-bond acceptors (Lipinski definition) is 4. The van der Waals surface area contributed by atoms with Crippen molar-refractivity contribution in [3.05, 3.63) is 46.7 Å². The third-order valence-electron chi connectivity index (χ3n) is 3.57. The number of amides is 1. The summed E-state index contributed by atoms with van der Waals surface area (Å²) in [7, 11) is 1.59. The number of rotatable bonds is 7. The van der Waals surface area contributed by atoms with E-state index in [9.17, 15) is 4.79 Å². The Morgan fingerprint density at radius 1 is 1.33 bits per heavy atom. The standard InChI is InChI=1S/C18H22ClN3O2/c1-4-5-8-20-18(23)15-7-6-13(11-21-15)22-16-9-12(2)14(19)10-17(16)24-3/h6-7,9-11,22H,4-5,8H2,1-3H3,(H,20,23). The van der Waals surface area contributed by atoms with Gasteiger partial charge in [-0.2, -0.15) is 0 Å². The van der Waals surface area contributed by atoms with Gasteiger partial charge in [-0.05, 0) is 37.1 Å². The van der Waals surface area contributed by atoms with Crippen molar-refractivity contribution >= 4 is 28.9 Å². The van der Waals surface area contributed by atoms with Crippen LogP contribution in [0.5, 0.6) is 5.75 Å². The highest BCUT2D eigenvalue weighted by Gasteiger charge is 2.09. The molecule has 2 aromatic rings. The van der Waals surface area contributed by atoms with Gasteiger partial charge >= 0.3 is 0 Å². The lowest BCUT2D eigenvalue weighted by molar-refractivity contribution is 0.0948. The second kappa shape index (κ2) is 8.55. The van der Waals surface area contributed by atoms with E-state index in [0.717, 1.165) is 29.8 Å². The molecule has 0 aliphatic rings. The van der Waals surface area contributed by atoms with E-state index >= 15 is 0 Å². The number of aromatic nitrogens is 1. The zero-order valence-electron chi connectivity index (χ0n) is 14.1. The van der Waals surface area contributed by atoms with Crippen LogP contribution in [0.3, 0.4) is 0 Å². The molecule has 0 spiro atoms. The molecular formula is C18H22ClN3O2. The van der Waals surface area contributed by atoms with E-state index in [1.807, 2.05) is 19.1 Å². The smallest absolute Gasteiger partial charge is 0.269 e. The van der Waals surface area contributed by atoms with Gasteiger partial charge in [-0.15, -0.1) is 0 Å². The first-order valence-corrected chi connectivity index (χ1v) is 8.28. The number of unbranched alkanes of at least 4 members (excludes halogenated alkanes) is 1. The van der Waals surface area contributed by atoms with Gasteiger partial charge in [0.2, 0.25) is 0 Å². The third-order valence-corrected chi connectivity index (χ3v) is 3.98. The molecule has 0 radical (unpaired) electrons.